The van der Waals surface area contributed by atoms with Crippen molar-refractivity contribution in [3.8, 4) is 5.75 Å². The number of amides is 1. The van der Waals surface area contributed by atoms with Gasteiger partial charge in [-0.2, -0.15) is 0 Å². The molecule has 5 heteroatoms. The molecule has 0 atom stereocenters. The van der Waals surface area contributed by atoms with E-state index in [0.717, 1.165) is 10.2 Å². The van der Waals surface area contributed by atoms with Gasteiger partial charge >= 0.3 is 0 Å². The number of halogens is 1. The van der Waals surface area contributed by atoms with E-state index in [9.17, 15) is 4.79 Å². The summed E-state index contributed by atoms with van der Waals surface area (Å²) in [5.41, 5.74) is 7.52. The number of rotatable bonds is 4. The van der Waals surface area contributed by atoms with Gasteiger partial charge in [0, 0.05) is 21.4 Å². The minimum atomic E-state index is -0.201. The average molecular weight is 335 g/mol. The van der Waals surface area contributed by atoms with Crippen LogP contribution in [0.4, 0.5) is 11.4 Å². The van der Waals surface area contributed by atoms with Crippen LogP contribution < -0.4 is 15.8 Å². The maximum atomic E-state index is 12.1. The number of hydrogen-bond acceptors (Lipinski definition) is 3. The minimum absolute atomic E-state index is 0.201. The summed E-state index contributed by atoms with van der Waals surface area (Å²) in [7, 11) is 0. The van der Waals surface area contributed by atoms with Crippen molar-refractivity contribution < 1.29 is 9.53 Å². The molecule has 0 saturated carbocycles. The van der Waals surface area contributed by atoms with Gasteiger partial charge in [0.05, 0.1) is 6.61 Å². The molecule has 2 aromatic rings. The number of carbonyl (C=O) groups is 1. The summed E-state index contributed by atoms with van der Waals surface area (Å²) in [5, 5.41) is 2.81. The van der Waals surface area contributed by atoms with Crippen LogP contribution in [0.15, 0.2) is 46.9 Å². The Morgan fingerprint density at radius 2 is 1.95 bits per heavy atom. The van der Waals surface area contributed by atoms with Crippen LogP contribution in [0.2, 0.25) is 0 Å². The molecule has 0 aliphatic carbocycles. The van der Waals surface area contributed by atoms with Gasteiger partial charge in [0.1, 0.15) is 5.75 Å². The zero-order chi connectivity index (χ0) is 14.5. The molecule has 0 aliphatic rings. The first kappa shape index (κ1) is 14.4. The Kier molecular flexibility index (Phi) is 4.63. The second-order valence-electron chi connectivity index (χ2n) is 4.15. The molecule has 2 aromatic carbocycles. The molecule has 0 aromatic heterocycles. The van der Waals surface area contributed by atoms with E-state index < -0.39 is 0 Å². The first-order valence-electron chi connectivity index (χ1n) is 6.19. The molecule has 0 fully saturated rings. The Morgan fingerprint density at radius 3 is 2.55 bits per heavy atom. The SMILES string of the molecule is CCOc1ccc(NC(=O)c2ccc(Br)c(N)c2)cc1. The molecule has 0 bridgehead atoms. The molecule has 2 rings (SSSR count). The van der Waals surface area contributed by atoms with E-state index in [1.54, 1.807) is 30.3 Å². The van der Waals surface area contributed by atoms with Gasteiger partial charge in [0.25, 0.3) is 5.91 Å². The largest absolute Gasteiger partial charge is 0.494 e. The molecule has 104 valence electrons. The number of nitrogens with two attached hydrogens (primary N) is 1. The molecule has 3 N–H and O–H groups in total. The van der Waals surface area contributed by atoms with Crippen molar-refractivity contribution in [2.45, 2.75) is 6.92 Å². The zero-order valence-corrected chi connectivity index (χ0v) is 12.6. The first-order chi connectivity index (χ1) is 9.60. The molecule has 0 aliphatic heterocycles. The molecule has 0 unspecified atom stereocenters. The van der Waals surface area contributed by atoms with Crippen molar-refractivity contribution >= 4 is 33.2 Å². The van der Waals surface area contributed by atoms with E-state index >= 15 is 0 Å². The predicted octanol–water partition coefficient (Wildman–Crippen LogP) is 3.68. The Hall–Kier alpha value is -2.01. The van der Waals surface area contributed by atoms with Gasteiger partial charge in [-0.15, -0.1) is 0 Å². The highest BCUT2D eigenvalue weighted by atomic mass is 79.9. The van der Waals surface area contributed by atoms with Crippen LogP contribution in [0.25, 0.3) is 0 Å². The van der Waals surface area contributed by atoms with Crippen LogP contribution >= 0.6 is 15.9 Å². The number of hydrogen-bond donors (Lipinski definition) is 2. The number of ether oxygens (including phenoxy) is 1. The summed E-state index contributed by atoms with van der Waals surface area (Å²) in [6, 6.07) is 12.3. The predicted molar refractivity (Wildman–Crippen MR) is 84.1 cm³/mol. The highest BCUT2D eigenvalue weighted by Crippen LogP contribution is 2.21. The fourth-order valence-electron chi connectivity index (χ4n) is 1.69. The van der Waals surface area contributed by atoms with Crippen molar-refractivity contribution in [3.05, 3.63) is 52.5 Å². The van der Waals surface area contributed by atoms with Crippen LogP contribution in [0.1, 0.15) is 17.3 Å². The van der Waals surface area contributed by atoms with Crippen molar-refractivity contribution in [2.24, 2.45) is 0 Å². The van der Waals surface area contributed by atoms with E-state index in [4.69, 9.17) is 10.5 Å². The van der Waals surface area contributed by atoms with Crippen LogP contribution in [-0.2, 0) is 0 Å². The lowest BCUT2D eigenvalue weighted by atomic mass is 10.2. The van der Waals surface area contributed by atoms with Gasteiger partial charge in [0.2, 0.25) is 0 Å². The van der Waals surface area contributed by atoms with Crippen molar-refractivity contribution in [2.75, 3.05) is 17.7 Å². The van der Waals surface area contributed by atoms with Gasteiger partial charge in [-0.1, -0.05) is 0 Å². The second-order valence-corrected chi connectivity index (χ2v) is 5.00. The molecule has 0 spiro atoms. The molecule has 4 nitrogen and oxygen atoms in total. The summed E-state index contributed by atoms with van der Waals surface area (Å²) >= 11 is 3.30. The Balaban J connectivity index is 2.08. The van der Waals surface area contributed by atoms with Gasteiger partial charge in [0.15, 0.2) is 0 Å². The van der Waals surface area contributed by atoms with Crippen LogP contribution in [-0.4, -0.2) is 12.5 Å². The third-order valence-corrected chi connectivity index (χ3v) is 3.40. The number of carbonyl (C=O) groups excluding carboxylic acids is 1. The highest BCUT2D eigenvalue weighted by molar-refractivity contribution is 9.10. The molecule has 0 heterocycles. The fourth-order valence-corrected chi connectivity index (χ4v) is 1.94. The zero-order valence-electron chi connectivity index (χ0n) is 11.0. The minimum Gasteiger partial charge on any atom is -0.494 e. The van der Waals surface area contributed by atoms with Gasteiger partial charge in [-0.3, -0.25) is 4.79 Å². The van der Waals surface area contributed by atoms with Crippen LogP contribution in [0.3, 0.4) is 0 Å². The van der Waals surface area contributed by atoms with E-state index in [1.807, 2.05) is 19.1 Å². The lowest BCUT2D eigenvalue weighted by molar-refractivity contribution is 0.102. The van der Waals surface area contributed by atoms with Crippen LogP contribution in [0, 0.1) is 0 Å². The van der Waals surface area contributed by atoms with E-state index in [2.05, 4.69) is 21.2 Å². The van der Waals surface area contributed by atoms with Gasteiger partial charge < -0.3 is 15.8 Å². The maximum Gasteiger partial charge on any atom is 0.255 e. The number of nitrogens with one attached hydrogen (secondary N) is 1. The molecular formula is C15H15BrN2O2. The molecule has 20 heavy (non-hydrogen) atoms. The number of anilines is 2. The quantitative estimate of drug-likeness (QED) is 0.838. The second kappa shape index (κ2) is 6.43. The summed E-state index contributed by atoms with van der Waals surface area (Å²) in [5.74, 6) is 0.576. The normalized spacial score (nSPS) is 10.1. The van der Waals surface area contributed by atoms with Crippen molar-refractivity contribution in [1.29, 1.82) is 0 Å². The Bertz CT molecular complexity index is 612. The lowest BCUT2D eigenvalue weighted by Crippen LogP contribution is -2.12. The molecule has 0 radical (unpaired) electrons. The van der Waals surface area contributed by atoms with Gasteiger partial charge in [-0.05, 0) is 65.3 Å². The third-order valence-electron chi connectivity index (χ3n) is 2.68. The smallest absolute Gasteiger partial charge is 0.255 e. The summed E-state index contributed by atoms with van der Waals surface area (Å²) in [6.07, 6.45) is 0. The topological polar surface area (TPSA) is 64.3 Å². The van der Waals surface area contributed by atoms with E-state index in [-0.39, 0.29) is 5.91 Å². The highest BCUT2D eigenvalue weighted by Gasteiger charge is 2.08. The summed E-state index contributed by atoms with van der Waals surface area (Å²) in [4.78, 5) is 12.1. The molecular weight excluding hydrogens is 320 g/mol. The van der Waals surface area contributed by atoms with Crippen molar-refractivity contribution in [1.82, 2.24) is 0 Å². The lowest BCUT2D eigenvalue weighted by Gasteiger charge is -2.08. The van der Waals surface area contributed by atoms with E-state index in [0.29, 0.717) is 23.5 Å². The average Bonchev–Trinajstić information content (AvgIpc) is 2.44. The number of nitrogen functional groups attached to an aromatic ring is 1. The van der Waals surface area contributed by atoms with E-state index in [1.165, 1.54) is 0 Å². The Morgan fingerprint density at radius 1 is 1.25 bits per heavy atom. The maximum absolute atomic E-state index is 12.1. The molecule has 1 amide bonds. The van der Waals surface area contributed by atoms with Crippen molar-refractivity contribution in [3.63, 3.8) is 0 Å². The molecule has 0 saturated heterocycles. The first-order valence-corrected chi connectivity index (χ1v) is 6.98. The summed E-state index contributed by atoms with van der Waals surface area (Å²) in [6.45, 7) is 2.54. The number of benzene rings is 2. The Labute approximate surface area is 126 Å². The third kappa shape index (κ3) is 3.51. The van der Waals surface area contributed by atoms with Gasteiger partial charge in [-0.25, -0.2) is 0 Å². The summed E-state index contributed by atoms with van der Waals surface area (Å²) < 4.78 is 6.12. The monoisotopic (exact) mass is 334 g/mol. The van der Waals surface area contributed by atoms with Crippen LogP contribution in [0.5, 0.6) is 5.75 Å². The standard InChI is InChI=1S/C15H15BrN2O2/c1-2-20-12-6-4-11(5-7-12)18-15(19)10-3-8-13(16)14(17)9-10/h3-9H,2,17H2,1H3,(H,18,19). The fraction of sp³-hybridized carbons (Fsp3) is 0.133.